The molecular formula is C14H18N4O2S. The minimum absolute atomic E-state index is 0.145. The van der Waals surface area contributed by atoms with Gasteiger partial charge in [0.1, 0.15) is 6.33 Å². The van der Waals surface area contributed by atoms with Crippen LogP contribution in [0.25, 0.3) is 0 Å². The molecule has 0 aliphatic heterocycles. The maximum Gasteiger partial charge on any atom is 0.240 e. The van der Waals surface area contributed by atoms with E-state index in [1.165, 1.54) is 6.33 Å². The van der Waals surface area contributed by atoms with Crippen molar-refractivity contribution < 1.29 is 8.42 Å². The van der Waals surface area contributed by atoms with Crippen LogP contribution >= 0.6 is 0 Å². The van der Waals surface area contributed by atoms with Crippen molar-refractivity contribution in [2.45, 2.75) is 17.9 Å². The molecule has 0 saturated heterocycles. The van der Waals surface area contributed by atoms with Gasteiger partial charge in [0.15, 0.2) is 0 Å². The van der Waals surface area contributed by atoms with E-state index in [0.717, 1.165) is 18.5 Å². The molecule has 2 N–H and O–H groups in total. The minimum atomic E-state index is -3.52. The van der Waals surface area contributed by atoms with E-state index in [1.807, 2.05) is 19.2 Å². The molecule has 1 aromatic heterocycles. The topological polar surface area (TPSA) is 84.0 Å². The first-order chi connectivity index (χ1) is 10.1. The number of hydrogen-bond donors (Lipinski definition) is 2. The second kappa shape index (κ2) is 7.26. The van der Waals surface area contributed by atoms with Crippen LogP contribution in [0.2, 0.25) is 0 Å². The lowest BCUT2D eigenvalue weighted by Gasteiger charge is -2.07. The van der Waals surface area contributed by atoms with Crippen LogP contribution in [0.4, 0.5) is 0 Å². The summed E-state index contributed by atoms with van der Waals surface area (Å²) in [4.78, 5) is 8.02. The molecule has 6 nitrogen and oxygen atoms in total. The first-order valence-corrected chi connectivity index (χ1v) is 8.08. The standard InChI is InChI=1S/C14H18N4O2S/c1-15-8-6-12-2-4-14(5-3-12)21(19,20)18-10-13-7-9-16-11-17-13/h2-5,7,9,11,15,18H,6,8,10H2,1H3. The van der Waals surface area contributed by atoms with Crippen molar-refractivity contribution in [1.29, 1.82) is 0 Å². The number of nitrogens with one attached hydrogen (secondary N) is 2. The van der Waals surface area contributed by atoms with E-state index < -0.39 is 10.0 Å². The zero-order valence-corrected chi connectivity index (χ0v) is 12.6. The van der Waals surface area contributed by atoms with Crippen molar-refractivity contribution in [2.24, 2.45) is 0 Å². The molecule has 2 aromatic rings. The Morgan fingerprint density at radius 3 is 2.52 bits per heavy atom. The smallest absolute Gasteiger partial charge is 0.240 e. The molecule has 112 valence electrons. The molecular weight excluding hydrogens is 288 g/mol. The van der Waals surface area contributed by atoms with E-state index in [0.29, 0.717) is 5.69 Å². The molecule has 0 spiro atoms. The average Bonchev–Trinajstić information content (AvgIpc) is 2.52. The molecule has 0 fully saturated rings. The lowest BCUT2D eigenvalue weighted by molar-refractivity contribution is 0.580. The van der Waals surface area contributed by atoms with E-state index in [4.69, 9.17) is 0 Å². The molecule has 21 heavy (non-hydrogen) atoms. The van der Waals surface area contributed by atoms with Crippen LogP contribution in [-0.2, 0) is 23.0 Å². The summed E-state index contributed by atoms with van der Waals surface area (Å²) in [5.74, 6) is 0. The molecule has 0 unspecified atom stereocenters. The van der Waals surface area contributed by atoms with Gasteiger partial charge in [-0.1, -0.05) is 12.1 Å². The van der Waals surface area contributed by atoms with Gasteiger partial charge in [-0.15, -0.1) is 0 Å². The van der Waals surface area contributed by atoms with Crippen LogP contribution in [0, 0.1) is 0 Å². The Balaban J connectivity index is 2.02. The first kappa shape index (κ1) is 15.6. The summed E-state index contributed by atoms with van der Waals surface area (Å²) in [5.41, 5.74) is 1.72. The summed E-state index contributed by atoms with van der Waals surface area (Å²) in [5, 5.41) is 3.06. The highest BCUT2D eigenvalue weighted by atomic mass is 32.2. The van der Waals surface area contributed by atoms with Crippen molar-refractivity contribution in [3.05, 3.63) is 54.1 Å². The summed E-state index contributed by atoms with van der Waals surface area (Å²) in [7, 11) is -1.64. The molecule has 0 amide bonds. The molecule has 0 atom stereocenters. The summed E-state index contributed by atoms with van der Waals surface area (Å²) in [6.45, 7) is 1.00. The normalized spacial score (nSPS) is 11.5. The molecule has 1 heterocycles. The van der Waals surface area contributed by atoms with Crippen molar-refractivity contribution in [3.63, 3.8) is 0 Å². The molecule has 0 aliphatic rings. The quantitative estimate of drug-likeness (QED) is 0.787. The predicted molar refractivity (Wildman–Crippen MR) is 80.1 cm³/mol. The summed E-state index contributed by atoms with van der Waals surface area (Å²) >= 11 is 0. The van der Waals surface area contributed by atoms with Gasteiger partial charge in [0.25, 0.3) is 0 Å². The number of likely N-dealkylation sites (N-methyl/N-ethyl adjacent to an activating group) is 1. The predicted octanol–water partition coefficient (Wildman–Crippen LogP) is 0.717. The Morgan fingerprint density at radius 2 is 1.90 bits per heavy atom. The third-order valence-corrected chi connectivity index (χ3v) is 4.40. The van der Waals surface area contributed by atoms with Gasteiger partial charge in [0.05, 0.1) is 17.1 Å². The van der Waals surface area contributed by atoms with Gasteiger partial charge in [-0.25, -0.2) is 23.1 Å². The highest BCUT2D eigenvalue weighted by Gasteiger charge is 2.13. The highest BCUT2D eigenvalue weighted by Crippen LogP contribution is 2.11. The fourth-order valence-electron chi connectivity index (χ4n) is 1.78. The van der Waals surface area contributed by atoms with Crippen LogP contribution < -0.4 is 10.0 Å². The maximum atomic E-state index is 12.2. The minimum Gasteiger partial charge on any atom is -0.319 e. The van der Waals surface area contributed by atoms with Crippen LogP contribution in [0.15, 0.2) is 47.8 Å². The Bertz CT molecular complexity index is 657. The van der Waals surface area contributed by atoms with E-state index in [9.17, 15) is 8.42 Å². The second-order valence-electron chi connectivity index (χ2n) is 4.52. The molecule has 1 aromatic carbocycles. The van der Waals surface area contributed by atoms with E-state index in [1.54, 1.807) is 24.4 Å². The molecule has 2 rings (SSSR count). The SMILES string of the molecule is CNCCc1ccc(S(=O)(=O)NCc2ccncn2)cc1. The fourth-order valence-corrected chi connectivity index (χ4v) is 2.78. The van der Waals surface area contributed by atoms with Crippen molar-refractivity contribution >= 4 is 10.0 Å². The molecule has 7 heteroatoms. The van der Waals surface area contributed by atoms with Crippen molar-refractivity contribution in [3.8, 4) is 0 Å². The van der Waals surface area contributed by atoms with Crippen molar-refractivity contribution in [2.75, 3.05) is 13.6 Å². The highest BCUT2D eigenvalue weighted by molar-refractivity contribution is 7.89. The van der Waals surface area contributed by atoms with Gasteiger partial charge in [0, 0.05) is 6.20 Å². The Labute approximate surface area is 124 Å². The van der Waals surface area contributed by atoms with Crippen LogP contribution in [0.3, 0.4) is 0 Å². The van der Waals surface area contributed by atoms with Gasteiger partial charge < -0.3 is 5.32 Å². The van der Waals surface area contributed by atoms with Gasteiger partial charge in [-0.3, -0.25) is 0 Å². The molecule has 0 aliphatic carbocycles. The summed E-state index contributed by atoms with van der Waals surface area (Å²) in [6.07, 6.45) is 3.83. The Hall–Kier alpha value is -1.83. The summed E-state index contributed by atoms with van der Waals surface area (Å²) < 4.78 is 26.9. The largest absolute Gasteiger partial charge is 0.319 e. The van der Waals surface area contributed by atoms with Crippen LogP contribution in [-0.4, -0.2) is 32.0 Å². The van der Waals surface area contributed by atoms with Gasteiger partial charge in [0.2, 0.25) is 10.0 Å². The monoisotopic (exact) mass is 306 g/mol. The molecule has 0 bridgehead atoms. The van der Waals surface area contributed by atoms with E-state index in [-0.39, 0.29) is 11.4 Å². The number of rotatable bonds is 7. The Kier molecular flexibility index (Phi) is 5.38. The number of benzene rings is 1. The van der Waals surface area contributed by atoms with Gasteiger partial charge >= 0.3 is 0 Å². The lowest BCUT2D eigenvalue weighted by atomic mass is 10.1. The van der Waals surface area contributed by atoms with Crippen molar-refractivity contribution in [1.82, 2.24) is 20.0 Å². The fraction of sp³-hybridized carbons (Fsp3) is 0.286. The average molecular weight is 306 g/mol. The van der Waals surface area contributed by atoms with Crippen LogP contribution in [0.1, 0.15) is 11.3 Å². The van der Waals surface area contributed by atoms with E-state index in [2.05, 4.69) is 20.0 Å². The lowest BCUT2D eigenvalue weighted by Crippen LogP contribution is -2.23. The summed E-state index contributed by atoms with van der Waals surface area (Å²) in [6, 6.07) is 8.57. The Morgan fingerprint density at radius 1 is 1.14 bits per heavy atom. The van der Waals surface area contributed by atoms with Gasteiger partial charge in [-0.05, 0) is 43.8 Å². The maximum absolute atomic E-state index is 12.2. The van der Waals surface area contributed by atoms with Crippen LogP contribution in [0.5, 0.6) is 0 Å². The number of nitrogens with zero attached hydrogens (tertiary/aromatic N) is 2. The number of hydrogen-bond acceptors (Lipinski definition) is 5. The molecule has 0 radical (unpaired) electrons. The van der Waals surface area contributed by atoms with Gasteiger partial charge in [-0.2, -0.15) is 0 Å². The van der Waals surface area contributed by atoms with E-state index >= 15 is 0 Å². The molecule has 0 saturated carbocycles. The number of sulfonamides is 1. The third-order valence-electron chi connectivity index (χ3n) is 2.98. The second-order valence-corrected chi connectivity index (χ2v) is 6.29. The zero-order chi connectivity index (χ0) is 15.1. The third kappa shape index (κ3) is 4.59. The first-order valence-electron chi connectivity index (χ1n) is 6.60. The number of aromatic nitrogens is 2. The zero-order valence-electron chi connectivity index (χ0n) is 11.8.